The lowest BCUT2D eigenvalue weighted by atomic mass is 10.1. The van der Waals surface area contributed by atoms with E-state index in [-0.39, 0.29) is 40.5 Å². The van der Waals surface area contributed by atoms with Gasteiger partial charge in [0.15, 0.2) is 23.1 Å². The highest BCUT2D eigenvalue weighted by Gasteiger charge is 2.34. The highest BCUT2D eigenvalue weighted by atomic mass is 19.4. The van der Waals surface area contributed by atoms with Gasteiger partial charge in [-0.05, 0) is 18.1 Å². The number of hydrogen-bond donors (Lipinski definition) is 3. The number of alkyl halides is 4. The van der Waals surface area contributed by atoms with E-state index < -0.39 is 55.4 Å². The molecule has 34 heavy (non-hydrogen) atoms. The lowest BCUT2D eigenvalue weighted by molar-refractivity contribution is -0.133. The van der Waals surface area contributed by atoms with Gasteiger partial charge in [-0.1, -0.05) is 0 Å². The predicted molar refractivity (Wildman–Crippen MR) is 110 cm³/mol. The van der Waals surface area contributed by atoms with Crippen molar-refractivity contribution in [1.82, 2.24) is 9.97 Å². The minimum atomic E-state index is -4.38. The number of aliphatic hydroxyl groups excluding tert-OH is 1. The molecule has 13 heteroatoms. The van der Waals surface area contributed by atoms with E-state index in [9.17, 15) is 26.3 Å². The van der Waals surface area contributed by atoms with Crippen molar-refractivity contribution in [3.8, 4) is 11.5 Å². The molecule has 0 spiro atoms. The number of rotatable bonds is 6. The average molecular weight is 488 g/mol. The Labute approximate surface area is 188 Å². The molecule has 4 rings (SSSR count). The number of aliphatic hydroxyl groups is 1. The first-order chi connectivity index (χ1) is 16.1. The molecule has 3 heterocycles. The van der Waals surface area contributed by atoms with Crippen molar-refractivity contribution < 1.29 is 40.9 Å². The summed E-state index contributed by atoms with van der Waals surface area (Å²) in [5.41, 5.74) is -1.71. The van der Waals surface area contributed by atoms with Crippen LogP contribution in [0.15, 0.2) is 35.6 Å². The number of aromatic amines is 1. The van der Waals surface area contributed by atoms with Gasteiger partial charge in [-0.15, -0.1) is 0 Å². The number of anilines is 1. The number of fused-ring (bicyclic) bond motifs is 1. The number of pyridine rings is 1. The van der Waals surface area contributed by atoms with Crippen molar-refractivity contribution in [3.63, 3.8) is 0 Å². The SMILES string of the molecule is OCC1(F)CN=C(Nc2cc(F)c(Oc3ccnc4[nH]cc(CCC(F)(F)F)c34)c(F)c2)OC1. The van der Waals surface area contributed by atoms with Gasteiger partial charge < -0.3 is 24.9 Å². The second-order valence-corrected chi connectivity index (χ2v) is 7.68. The quantitative estimate of drug-likeness (QED) is 0.441. The van der Waals surface area contributed by atoms with Crippen molar-refractivity contribution >= 4 is 22.7 Å². The zero-order valence-electron chi connectivity index (χ0n) is 17.3. The molecule has 7 nitrogen and oxygen atoms in total. The van der Waals surface area contributed by atoms with E-state index in [1.165, 1.54) is 18.5 Å². The summed E-state index contributed by atoms with van der Waals surface area (Å²) in [6, 6.07) is 2.86. The van der Waals surface area contributed by atoms with Crippen LogP contribution in [0.25, 0.3) is 11.0 Å². The molecule has 0 aliphatic carbocycles. The van der Waals surface area contributed by atoms with Crippen LogP contribution in [0.2, 0.25) is 0 Å². The number of hydrogen-bond acceptors (Lipinski definition) is 6. The summed E-state index contributed by atoms with van der Waals surface area (Å²) in [7, 11) is 0. The number of amidine groups is 1. The summed E-state index contributed by atoms with van der Waals surface area (Å²) in [6.45, 7) is -1.68. The molecular weight excluding hydrogens is 470 g/mol. The van der Waals surface area contributed by atoms with Crippen LogP contribution in [0.3, 0.4) is 0 Å². The summed E-state index contributed by atoms with van der Waals surface area (Å²) < 4.78 is 91.7. The fraction of sp³-hybridized carbons (Fsp3) is 0.333. The van der Waals surface area contributed by atoms with E-state index in [0.717, 1.165) is 12.1 Å². The number of aryl methyl sites for hydroxylation is 1. The zero-order chi connectivity index (χ0) is 24.5. The summed E-state index contributed by atoms with van der Waals surface area (Å²) in [6.07, 6.45) is -3.24. The molecule has 0 fully saturated rings. The summed E-state index contributed by atoms with van der Waals surface area (Å²) >= 11 is 0. The molecule has 0 saturated heterocycles. The van der Waals surface area contributed by atoms with Gasteiger partial charge in [0.25, 0.3) is 6.02 Å². The fourth-order valence-corrected chi connectivity index (χ4v) is 3.29. The van der Waals surface area contributed by atoms with Crippen molar-refractivity contribution in [2.45, 2.75) is 24.7 Å². The maximum absolute atomic E-state index is 14.7. The maximum atomic E-state index is 14.7. The zero-order valence-corrected chi connectivity index (χ0v) is 17.3. The number of nitrogens with zero attached hydrogens (tertiary/aromatic N) is 2. The Hall–Kier alpha value is -3.48. The first kappa shape index (κ1) is 23.7. The molecule has 0 bridgehead atoms. The van der Waals surface area contributed by atoms with Gasteiger partial charge in [0, 0.05) is 36.6 Å². The Morgan fingerprint density at radius 3 is 2.59 bits per heavy atom. The summed E-state index contributed by atoms with van der Waals surface area (Å²) in [4.78, 5) is 10.5. The molecule has 1 aromatic carbocycles. The highest BCUT2D eigenvalue weighted by Crippen LogP contribution is 2.36. The number of aromatic nitrogens is 2. The molecular formula is C21H18F6N4O3. The second-order valence-electron chi connectivity index (χ2n) is 7.68. The first-order valence-corrected chi connectivity index (χ1v) is 9.99. The number of nitrogens with one attached hydrogen (secondary N) is 2. The standard InChI is InChI=1S/C21H18F6N4O3/c22-13-5-12(31-19-30-8-20(24,9-32)10-33-19)6-14(23)17(13)34-15-2-4-28-18-16(15)11(7-29-18)1-3-21(25,26)27/h2,4-7,32H,1,3,8-10H2,(H,28,29)(H,30,31). The molecule has 1 unspecified atom stereocenters. The van der Waals surface area contributed by atoms with E-state index in [2.05, 4.69) is 20.3 Å². The number of H-pyrrole nitrogens is 1. The first-order valence-electron chi connectivity index (χ1n) is 9.99. The lowest BCUT2D eigenvalue weighted by Crippen LogP contribution is -2.43. The average Bonchev–Trinajstić information content (AvgIpc) is 3.20. The van der Waals surface area contributed by atoms with Crippen LogP contribution in [-0.2, 0) is 11.2 Å². The topological polar surface area (TPSA) is 91.8 Å². The number of benzene rings is 1. The molecule has 1 aliphatic rings. The van der Waals surface area contributed by atoms with Crippen molar-refractivity contribution in [1.29, 1.82) is 0 Å². The van der Waals surface area contributed by atoms with Gasteiger partial charge in [0.1, 0.15) is 18.0 Å². The Kier molecular flexibility index (Phi) is 6.30. The maximum Gasteiger partial charge on any atom is 0.389 e. The number of aliphatic imine (C=N–C) groups is 1. The summed E-state index contributed by atoms with van der Waals surface area (Å²) in [5.74, 6) is -3.10. The normalized spacial score (nSPS) is 18.5. The van der Waals surface area contributed by atoms with Crippen LogP contribution in [0.5, 0.6) is 11.5 Å². The van der Waals surface area contributed by atoms with Crippen LogP contribution >= 0.6 is 0 Å². The largest absolute Gasteiger partial charge is 0.461 e. The Morgan fingerprint density at radius 2 is 1.97 bits per heavy atom. The van der Waals surface area contributed by atoms with Crippen molar-refractivity contribution in [3.05, 3.63) is 47.8 Å². The van der Waals surface area contributed by atoms with Crippen LogP contribution in [0.4, 0.5) is 32.0 Å². The lowest BCUT2D eigenvalue weighted by Gasteiger charge is -2.26. The fourth-order valence-electron chi connectivity index (χ4n) is 3.29. The molecule has 0 saturated carbocycles. The van der Waals surface area contributed by atoms with E-state index in [1.807, 2.05) is 0 Å². The van der Waals surface area contributed by atoms with Gasteiger partial charge in [0.05, 0.1) is 18.5 Å². The summed E-state index contributed by atoms with van der Waals surface area (Å²) in [5, 5.41) is 11.7. The molecule has 0 radical (unpaired) electrons. The number of halogens is 6. The van der Waals surface area contributed by atoms with Crippen LogP contribution in [0.1, 0.15) is 12.0 Å². The monoisotopic (exact) mass is 488 g/mol. The second kappa shape index (κ2) is 9.05. The Balaban J connectivity index is 1.56. The van der Waals surface area contributed by atoms with Crippen LogP contribution in [0, 0.1) is 11.6 Å². The Morgan fingerprint density at radius 1 is 1.24 bits per heavy atom. The smallest absolute Gasteiger partial charge is 0.389 e. The van der Waals surface area contributed by atoms with Gasteiger partial charge in [-0.2, -0.15) is 13.2 Å². The van der Waals surface area contributed by atoms with Crippen molar-refractivity contribution in [2.75, 3.05) is 25.1 Å². The molecule has 2 aromatic heterocycles. The van der Waals surface area contributed by atoms with E-state index in [0.29, 0.717) is 0 Å². The van der Waals surface area contributed by atoms with Crippen molar-refractivity contribution in [2.24, 2.45) is 4.99 Å². The minimum absolute atomic E-state index is 0.0785. The molecule has 182 valence electrons. The van der Waals surface area contributed by atoms with Gasteiger partial charge in [-0.3, -0.25) is 0 Å². The predicted octanol–water partition coefficient (Wildman–Crippen LogP) is 4.63. The van der Waals surface area contributed by atoms with Crippen LogP contribution in [-0.4, -0.2) is 52.7 Å². The van der Waals surface area contributed by atoms with E-state index >= 15 is 0 Å². The third-order valence-electron chi connectivity index (χ3n) is 5.01. The Bertz CT molecular complexity index is 1210. The number of ether oxygens (including phenoxy) is 2. The minimum Gasteiger partial charge on any atom is -0.461 e. The third kappa shape index (κ3) is 5.19. The molecule has 3 N–H and O–H groups in total. The third-order valence-corrected chi connectivity index (χ3v) is 5.01. The van der Waals surface area contributed by atoms with E-state index in [1.54, 1.807) is 0 Å². The van der Waals surface area contributed by atoms with Gasteiger partial charge >= 0.3 is 6.18 Å². The molecule has 3 aromatic rings. The van der Waals surface area contributed by atoms with Gasteiger partial charge in [0.2, 0.25) is 0 Å². The molecule has 0 amide bonds. The van der Waals surface area contributed by atoms with E-state index in [4.69, 9.17) is 14.6 Å². The molecule has 1 aliphatic heterocycles. The highest BCUT2D eigenvalue weighted by molar-refractivity contribution is 5.90. The van der Waals surface area contributed by atoms with Gasteiger partial charge in [-0.25, -0.2) is 23.1 Å². The van der Waals surface area contributed by atoms with Crippen LogP contribution < -0.4 is 10.1 Å². The molecule has 1 atom stereocenters.